The number of aromatic nitrogens is 2. The van der Waals surface area contributed by atoms with Crippen molar-refractivity contribution in [2.45, 2.75) is 19.8 Å². The smallest absolute Gasteiger partial charge is 0.550 e. The first-order valence-electron chi connectivity index (χ1n) is 5.37. The third-order valence-corrected chi connectivity index (χ3v) is 2.93. The Balaban J connectivity index is 0.00000256. The van der Waals surface area contributed by atoms with E-state index in [9.17, 15) is 15.0 Å². The van der Waals surface area contributed by atoms with Gasteiger partial charge in [0.25, 0.3) is 0 Å². The maximum absolute atomic E-state index is 10.9. The molecule has 0 aliphatic rings. The molecule has 0 saturated heterocycles. The fourth-order valence-electron chi connectivity index (χ4n) is 1.88. The van der Waals surface area contributed by atoms with Gasteiger partial charge in [-0.05, 0) is 18.8 Å². The summed E-state index contributed by atoms with van der Waals surface area (Å²) in [6.07, 6.45) is 4.30. The van der Waals surface area contributed by atoms with Crippen molar-refractivity contribution in [2.24, 2.45) is 18.9 Å². The molecule has 1 N–H and O–H groups in total. The van der Waals surface area contributed by atoms with Gasteiger partial charge in [-0.1, -0.05) is 6.92 Å². The molecule has 90 valence electrons. The van der Waals surface area contributed by atoms with Crippen LogP contribution in [0.4, 0.5) is 0 Å². The number of hydrogen-bond donors (Lipinski definition) is 1. The van der Waals surface area contributed by atoms with Crippen LogP contribution in [0.25, 0.3) is 0 Å². The summed E-state index contributed by atoms with van der Waals surface area (Å²) in [6.45, 7) is 1.63. The molecule has 1 heterocycles. The van der Waals surface area contributed by atoms with Crippen molar-refractivity contribution < 1.29 is 44.6 Å². The van der Waals surface area contributed by atoms with Crippen LogP contribution in [0.1, 0.15) is 19.0 Å². The van der Waals surface area contributed by atoms with Crippen molar-refractivity contribution in [2.75, 3.05) is 6.61 Å². The monoisotopic (exact) mass is 248 g/mol. The first-order valence-corrected chi connectivity index (χ1v) is 5.37. The number of carboxylic acid groups (broad SMARTS) is 1. The zero-order valence-electron chi connectivity index (χ0n) is 10.6. The van der Waals surface area contributed by atoms with Crippen molar-refractivity contribution in [3.63, 3.8) is 0 Å². The van der Waals surface area contributed by atoms with Crippen LogP contribution >= 0.6 is 0 Å². The quantitative estimate of drug-likeness (QED) is 0.527. The largest absolute Gasteiger partial charge is 1.00 e. The van der Waals surface area contributed by atoms with Gasteiger partial charge in [0, 0.05) is 37.4 Å². The van der Waals surface area contributed by atoms with Crippen molar-refractivity contribution in [1.82, 2.24) is 9.55 Å². The van der Waals surface area contributed by atoms with Crippen molar-refractivity contribution >= 4 is 5.97 Å². The molecule has 0 aliphatic heterocycles. The van der Waals surface area contributed by atoms with E-state index in [0.717, 1.165) is 5.69 Å². The molecule has 0 spiro atoms. The summed E-state index contributed by atoms with van der Waals surface area (Å²) in [5.74, 6) is -2.02. The third-order valence-electron chi connectivity index (χ3n) is 2.93. The summed E-state index contributed by atoms with van der Waals surface area (Å²) in [5, 5.41) is 20.1. The second kappa shape index (κ2) is 7.87. The van der Waals surface area contributed by atoms with E-state index in [-0.39, 0.29) is 42.1 Å². The van der Waals surface area contributed by atoms with Crippen LogP contribution < -0.4 is 34.7 Å². The molecule has 0 radical (unpaired) electrons. The van der Waals surface area contributed by atoms with Gasteiger partial charge in [-0.2, -0.15) is 0 Å². The molecule has 1 aromatic heterocycles. The third kappa shape index (κ3) is 4.43. The van der Waals surface area contributed by atoms with E-state index >= 15 is 0 Å². The molecule has 0 saturated carbocycles. The number of imidazole rings is 1. The molecule has 1 rings (SSSR count). The molecule has 0 aliphatic carbocycles. The van der Waals surface area contributed by atoms with E-state index in [4.69, 9.17) is 0 Å². The van der Waals surface area contributed by atoms with Gasteiger partial charge in [-0.3, -0.25) is 0 Å². The number of carbonyl (C=O) groups excluding carboxylic acids is 1. The minimum absolute atomic E-state index is 0. The van der Waals surface area contributed by atoms with Gasteiger partial charge < -0.3 is 19.6 Å². The van der Waals surface area contributed by atoms with Crippen molar-refractivity contribution in [3.05, 3.63) is 18.2 Å². The molecule has 2 atom stereocenters. The first kappa shape index (κ1) is 16.6. The van der Waals surface area contributed by atoms with E-state index in [1.807, 2.05) is 11.6 Å². The van der Waals surface area contributed by atoms with Crippen LogP contribution in [-0.2, 0) is 18.3 Å². The number of aliphatic hydroxyl groups is 1. The standard InChI is InChI=1S/C11H18N2O3.Na/c1-3-10(11(15)16)8(6-14)4-9-5-12-7-13(9)2;/h5,7-8,10,14H,3-4,6H2,1-2H3,(H,15,16);/q;+1/p-1/t8-,10+;/m0./s1. The average Bonchev–Trinajstić information content (AvgIpc) is 2.63. The Morgan fingerprint density at radius 1 is 1.65 bits per heavy atom. The molecule has 1 aromatic rings. The van der Waals surface area contributed by atoms with Gasteiger partial charge in [-0.25, -0.2) is 4.98 Å². The Labute approximate surface area is 123 Å². The summed E-state index contributed by atoms with van der Waals surface area (Å²) >= 11 is 0. The fraction of sp³-hybridized carbons (Fsp3) is 0.636. The van der Waals surface area contributed by atoms with Crippen LogP contribution in [-0.4, -0.2) is 27.2 Å². The SMILES string of the molecule is CC[C@@H](C(=O)[O-])[C@H](CO)Cc1cncn1C.[Na+]. The van der Waals surface area contributed by atoms with E-state index in [1.165, 1.54) is 0 Å². The summed E-state index contributed by atoms with van der Waals surface area (Å²) in [5.41, 5.74) is 0.916. The molecule has 0 amide bonds. The van der Waals surface area contributed by atoms with Crippen LogP contribution in [0.5, 0.6) is 0 Å². The second-order valence-electron chi connectivity index (χ2n) is 3.98. The zero-order valence-corrected chi connectivity index (χ0v) is 12.6. The number of hydrogen-bond acceptors (Lipinski definition) is 4. The number of aliphatic carboxylic acids is 1. The molecule has 5 nitrogen and oxygen atoms in total. The molecule has 17 heavy (non-hydrogen) atoms. The van der Waals surface area contributed by atoms with Crippen LogP contribution in [0.2, 0.25) is 0 Å². The Kier molecular flexibility index (Phi) is 7.70. The van der Waals surface area contributed by atoms with Gasteiger partial charge in [0.2, 0.25) is 0 Å². The molecule has 0 bridgehead atoms. The Morgan fingerprint density at radius 3 is 2.65 bits per heavy atom. The van der Waals surface area contributed by atoms with Crippen LogP contribution in [0, 0.1) is 11.8 Å². The zero-order chi connectivity index (χ0) is 12.1. The summed E-state index contributed by atoms with van der Waals surface area (Å²) in [7, 11) is 1.84. The first-order chi connectivity index (χ1) is 7.60. The molecule has 6 heteroatoms. The summed E-state index contributed by atoms with van der Waals surface area (Å²) in [6, 6.07) is 0. The molecule has 0 fully saturated rings. The number of rotatable bonds is 6. The van der Waals surface area contributed by atoms with Crippen LogP contribution in [0.3, 0.4) is 0 Å². The maximum atomic E-state index is 10.9. The minimum Gasteiger partial charge on any atom is -0.550 e. The number of aryl methyl sites for hydroxylation is 1. The molecular weight excluding hydrogens is 231 g/mol. The number of carbonyl (C=O) groups is 1. The maximum Gasteiger partial charge on any atom is 1.00 e. The van der Waals surface area contributed by atoms with E-state index in [1.54, 1.807) is 19.4 Å². The topological polar surface area (TPSA) is 78.2 Å². The minimum atomic E-state index is -1.09. The normalized spacial score (nSPS) is 13.8. The van der Waals surface area contributed by atoms with Crippen molar-refractivity contribution in [1.29, 1.82) is 0 Å². The molecule has 0 unspecified atom stereocenters. The number of nitrogens with zero attached hydrogens (tertiary/aromatic N) is 2. The average molecular weight is 248 g/mol. The predicted molar refractivity (Wildman–Crippen MR) is 56.3 cm³/mol. The fourth-order valence-corrected chi connectivity index (χ4v) is 1.88. The van der Waals surface area contributed by atoms with E-state index < -0.39 is 11.9 Å². The van der Waals surface area contributed by atoms with Gasteiger partial charge in [0.05, 0.1) is 6.33 Å². The molecule has 0 aromatic carbocycles. The van der Waals surface area contributed by atoms with E-state index in [0.29, 0.717) is 12.8 Å². The van der Waals surface area contributed by atoms with Crippen molar-refractivity contribution in [3.8, 4) is 0 Å². The second-order valence-corrected chi connectivity index (χ2v) is 3.98. The Hall–Kier alpha value is -0.360. The molecular formula is C11H17N2NaO3. The van der Waals surface area contributed by atoms with Gasteiger partial charge in [-0.15, -0.1) is 0 Å². The van der Waals surface area contributed by atoms with Gasteiger partial charge in [0.15, 0.2) is 0 Å². The Bertz CT molecular complexity index is 354. The van der Waals surface area contributed by atoms with E-state index in [2.05, 4.69) is 4.98 Å². The Morgan fingerprint density at radius 2 is 2.29 bits per heavy atom. The summed E-state index contributed by atoms with van der Waals surface area (Å²) < 4.78 is 1.82. The predicted octanol–water partition coefficient (Wildman–Crippen LogP) is -3.65. The summed E-state index contributed by atoms with van der Waals surface area (Å²) in [4.78, 5) is 14.9. The van der Waals surface area contributed by atoms with Crippen LogP contribution in [0.15, 0.2) is 12.5 Å². The number of aliphatic hydroxyl groups excluding tert-OH is 1. The van der Waals surface area contributed by atoms with Gasteiger partial charge >= 0.3 is 29.6 Å². The van der Waals surface area contributed by atoms with Gasteiger partial charge in [0.1, 0.15) is 0 Å². The number of carboxylic acids is 1.